The molecule has 3 nitrogen and oxygen atoms in total. The summed E-state index contributed by atoms with van der Waals surface area (Å²) in [6.07, 6.45) is 1.56. The summed E-state index contributed by atoms with van der Waals surface area (Å²) in [5.74, 6) is 0.550. The van der Waals surface area contributed by atoms with Crippen LogP contribution in [0.5, 0.6) is 0 Å². The van der Waals surface area contributed by atoms with Gasteiger partial charge in [0.15, 0.2) is 6.29 Å². The van der Waals surface area contributed by atoms with Gasteiger partial charge in [-0.1, -0.05) is 6.92 Å². The molecule has 1 aliphatic rings. The van der Waals surface area contributed by atoms with Gasteiger partial charge in [0.1, 0.15) is 0 Å². The standard InChI is InChI=1S/C10H20O3/c1-3-13-10(12)9-6-8(11)5-4-7(9)2/h7-12H,3-6H2,1-2H3/t7-,8+,9?,10?/m0/s1. The molecule has 2 N–H and O–H groups in total. The van der Waals surface area contributed by atoms with Crippen molar-refractivity contribution in [3.63, 3.8) is 0 Å². The molecule has 78 valence electrons. The van der Waals surface area contributed by atoms with Crippen molar-refractivity contribution < 1.29 is 14.9 Å². The highest BCUT2D eigenvalue weighted by Crippen LogP contribution is 2.32. The summed E-state index contributed by atoms with van der Waals surface area (Å²) < 4.78 is 5.14. The molecule has 0 aromatic carbocycles. The van der Waals surface area contributed by atoms with Gasteiger partial charge in [-0.05, 0) is 32.1 Å². The summed E-state index contributed by atoms with van der Waals surface area (Å²) in [4.78, 5) is 0. The molecule has 0 heterocycles. The van der Waals surface area contributed by atoms with Gasteiger partial charge in [0, 0.05) is 12.5 Å². The molecule has 1 fully saturated rings. The zero-order chi connectivity index (χ0) is 9.84. The first-order valence-corrected chi connectivity index (χ1v) is 5.12. The van der Waals surface area contributed by atoms with E-state index < -0.39 is 6.29 Å². The second-order valence-electron chi connectivity index (χ2n) is 3.95. The number of aliphatic hydroxyl groups excluding tert-OH is 2. The third kappa shape index (κ3) is 2.93. The zero-order valence-corrected chi connectivity index (χ0v) is 8.44. The molecule has 0 saturated heterocycles. The molecule has 13 heavy (non-hydrogen) atoms. The highest BCUT2D eigenvalue weighted by Gasteiger charge is 2.32. The van der Waals surface area contributed by atoms with Crippen LogP contribution in [0.15, 0.2) is 0 Å². The Morgan fingerprint density at radius 3 is 2.77 bits per heavy atom. The Kier molecular flexibility index (Phi) is 4.16. The van der Waals surface area contributed by atoms with E-state index in [-0.39, 0.29) is 12.0 Å². The largest absolute Gasteiger partial charge is 0.393 e. The second-order valence-corrected chi connectivity index (χ2v) is 3.95. The van der Waals surface area contributed by atoms with Crippen LogP contribution in [0.4, 0.5) is 0 Å². The lowest BCUT2D eigenvalue weighted by Crippen LogP contribution is -2.36. The number of ether oxygens (including phenoxy) is 1. The SMILES string of the molecule is CCOC(O)C1C[C@H](O)CC[C@@H]1C. The highest BCUT2D eigenvalue weighted by atomic mass is 16.6. The van der Waals surface area contributed by atoms with E-state index in [1.807, 2.05) is 6.92 Å². The summed E-state index contributed by atoms with van der Waals surface area (Å²) in [6, 6.07) is 0. The van der Waals surface area contributed by atoms with Crippen LogP contribution in [0, 0.1) is 11.8 Å². The Morgan fingerprint density at radius 1 is 1.46 bits per heavy atom. The van der Waals surface area contributed by atoms with Crippen molar-refractivity contribution >= 4 is 0 Å². The molecule has 1 aliphatic carbocycles. The number of hydrogen-bond acceptors (Lipinski definition) is 3. The van der Waals surface area contributed by atoms with Crippen LogP contribution in [0.25, 0.3) is 0 Å². The maximum absolute atomic E-state index is 9.63. The second kappa shape index (κ2) is 4.94. The van der Waals surface area contributed by atoms with E-state index in [1.165, 1.54) is 0 Å². The van der Waals surface area contributed by atoms with E-state index in [0.29, 0.717) is 18.9 Å². The normalized spacial score (nSPS) is 37.4. The van der Waals surface area contributed by atoms with Crippen LogP contribution < -0.4 is 0 Å². The topological polar surface area (TPSA) is 49.7 Å². The fraction of sp³-hybridized carbons (Fsp3) is 1.00. The average Bonchev–Trinajstić information content (AvgIpc) is 2.09. The first kappa shape index (κ1) is 11.0. The molecule has 0 bridgehead atoms. The van der Waals surface area contributed by atoms with Crippen molar-refractivity contribution in [3.05, 3.63) is 0 Å². The monoisotopic (exact) mass is 188 g/mol. The van der Waals surface area contributed by atoms with E-state index in [4.69, 9.17) is 4.74 Å². The number of aliphatic hydroxyl groups is 2. The lowest BCUT2D eigenvalue weighted by atomic mass is 9.78. The minimum absolute atomic E-state index is 0.101. The van der Waals surface area contributed by atoms with Crippen LogP contribution in [0.1, 0.15) is 33.1 Å². The maximum Gasteiger partial charge on any atom is 0.157 e. The van der Waals surface area contributed by atoms with Gasteiger partial charge in [-0.25, -0.2) is 0 Å². The van der Waals surface area contributed by atoms with Crippen molar-refractivity contribution in [2.75, 3.05) is 6.61 Å². The molecule has 1 saturated carbocycles. The number of hydrogen-bond donors (Lipinski definition) is 2. The van der Waals surface area contributed by atoms with Crippen molar-refractivity contribution in [1.29, 1.82) is 0 Å². The Hall–Kier alpha value is -0.120. The number of rotatable bonds is 3. The summed E-state index contributed by atoms with van der Waals surface area (Å²) in [5.41, 5.74) is 0. The molecule has 1 rings (SSSR count). The zero-order valence-electron chi connectivity index (χ0n) is 8.44. The fourth-order valence-corrected chi connectivity index (χ4v) is 2.03. The van der Waals surface area contributed by atoms with Crippen molar-refractivity contribution in [1.82, 2.24) is 0 Å². The van der Waals surface area contributed by atoms with Gasteiger partial charge in [-0.3, -0.25) is 0 Å². The van der Waals surface area contributed by atoms with Crippen LogP contribution in [0.3, 0.4) is 0 Å². The summed E-state index contributed by atoms with van der Waals surface area (Å²) in [7, 11) is 0. The quantitative estimate of drug-likeness (QED) is 0.653. The maximum atomic E-state index is 9.63. The lowest BCUT2D eigenvalue weighted by Gasteiger charge is -2.34. The van der Waals surface area contributed by atoms with Gasteiger partial charge in [-0.2, -0.15) is 0 Å². The van der Waals surface area contributed by atoms with Gasteiger partial charge in [0.2, 0.25) is 0 Å². The fourth-order valence-electron chi connectivity index (χ4n) is 2.03. The summed E-state index contributed by atoms with van der Waals surface area (Å²) in [6.45, 7) is 4.51. The molecule has 4 atom stereocenters. The molecule has 0 amide bonds. The third-order valence-corrected chi connectivity index (χ3v) is 2.93. The first-order valence-electron chi connectivity index (χ1n) is 5.12. The Balaban J connectivity index is 2.44. The van der Waals surface area contributed by atoms with Gasteiger partial charge in [0.05, 0.1) is 6.10 Å². The molecule has 0 spiro atoms. The van der Waals surface area contributed by atoms with Gasteiger partial charge in [0.25, 0.3) is 0 Å². The van der Waals surface area contributed by atoms with Crippen LogP contribution in [-0.2, 0) is 4.74 Å². The molecule has 3 heteroatoms. The predicted octanol–water partition coefficient (Wildman–Crippen LogP) is 1.14. The van der Waals surface area contributed by atoms with Gasteiger partial charge < -0.3 is 14.9 Å². The van der Waals surface area contributed by atoms with E-state index in [1.54, 1.807) is 0 Å². The summed E-state index contributed by atoms with van der Waals surface area (Å²) >= 11 is 0. The molecule has 2 unspecified atom stereocenters. The molecule has 0 aromatic rings. The lowest BCUT2D eigenvalue weighted by molar-refractivity contribution is -0.157. The van der Waals surface area contributed by atoms with E-state index in [9.17, 15) is 10.2 Å². The minimum Gasteiger partial charge on any atom is -0.393 e. The molecular formula is C10H20O3. The highest BCUT2D eigenvalue weighted by molar-refractivity contribution is 4.79. The Labute approximate surface area is 79.7 Å². The molecular weight excluding hydrogens is 168 g/mol. The molecule has 0 aromatic heterocycles. The van der Waals surface area contributed by atoms with Crippen LogP contribution in [-0.4, -0.2) is 29.2 Å². The van der Waals surface area contributed by atoms with Crippen molar-refractivity contribution in [2.24, 2.45) is 11.8 Å². The predicted molar refractivity (Wildman–Crippen MR) is 50.1 cm³/mol. The van der Waals surface area contributed by atoms with E-state index in [0.717, 1.165) is 12.8 Å². The van der Waals surface area contributed by atoms with E-state index >= 15 is 0 Å². The molecule has 0 aliphatic heterocycles. The van der Waals surface area contributed by atoms with Gasteiger partial charge >= 0.3 is 0 Å². The van der Waals surface area contributed by atoms with Crippen molar-refractivity contribution in [2.45, 2.75) is 45.5 Å². The van der Waals surface area contributed by atoms with Crippen LogP contribution in [0.2, 0.25) is 0 Å². The van der Waals surface area contributed by atoms with Gasteiger partial charge in [-0.15, -0.1) is 0 Å². The minimum atomic E-state index is -0.699. The van der Waals surface area contributed by atoms with E-state index in [2.05, 4.69) is 6.92 Å². The smallest absolute Gasteiger partial charge is 0.157 e. The Morgan fingerprint density at radius 2 is 2.15 bits per heavy atom. The summed E-state index contributed by atoms with van der Waals surface area (Å²) in [5, 5.41) is 19.1. The average molecular weight is 188 g/mol. The third-order valence-electron chi connectivity index (χ3n) is 2.93. The van der Waals surface area contributed by atoms with Crippen molar-refractivity contribution in [3.8, 4) is 0 Å². The molecule has 0 radical (unpaired) electrons. The van der Waals surface area contributed by atoms with Crippen LogP contribution >= 0.6 is 0 Å². The first-order chi connectivity index (χ1) is 6.15. The Bertz CT molecular complexity index is 149.